The van der Waals surface area contributed by atoms with E-state index in [4.69, 9.17) is 24.5 Å². The van der Waals surface area contributed by atoms with Crippen LogP contribution < -0.4 is 5.48 Å². The summed E-state index contributed by atoms with van der Waals surface area (Å²) in [5.74, 6) is 0. The zero-order valence-electron chi connectivity index (χ0n) is 12.7. The van der Waals surface area contributed by atoms with E-state index in [2.05, 4.69) is 10.0 Å². The van der Waals surface area contributed by atoms with E-state index in [-0.39, 0.29) is 12.3 Å². The molecule has 2 rings (SSSR count). The number of benzene rings is 1. The zero-order valence-corrected chi connectivity index (χ0v) is 13.6. The van der Waals surface area contributed by atoms with E-state index in [1.807, 2.05) is 0 Å². The van der Waals surface area contributed by atoms with Gasteiger partial charge in [0.05, 0.1) is 18.1 Å². The SMILES string of the molecule is O=[N+]([O-])c1ccc(CONC2O[C@H](CO)[C@@H](O)[C@H]2OP(=O)(O)O)cc1. The van der Waals surface area contributed by atoms with Crippen LogP contribution in [0.2, 0.25) is 0 Å². The molecule has 12 nitrogen and oxygen atoms in total. The molecule has 1 aromatic rings. The van der Waals surface area contributed by atoms with E-state index in [1.54, 1.807) is 0 Å². The minimum atomic E-state index is -4.91. The Bertz CT molecular complexity index is 635. The summed E-state index contributed by atoms with van der Waals surface area (Å²) < 4.78 is 20.6. The lowest BCUT2D eigenvalue weighted by atomic mass is 10.1. The highest BCUT2D eigenvalue weighted by Crippen LogP contribution is 2.41. The predicted octanol–water partition coefficient (Wildman–Crippen LogP) is -0.828. The second-order valence-corrected chi connectivity index (χ2v) is 6.35. The van der Waals surface area contributed by atoms with E-state index in [9.17, 15) is 19.8 Å². The maximum absolute atomic E-state index is 11.0. The average molecular weight is 380 g/mol. The first kappa shape index (κ1) is 19.8. The molecule has 0 saturated carbocycles. The number of hydrogen-bond acceptors (Lipinski definition) is 9. The third-order valence-electron chi connectivity index (χ3n) is 3.36. The van der Waals surface area contributed by atoms with Gasteiger partial charge in [-0.3, -0.25) is 19.5 Å². The number of hydrogen-bond donors (Lipinski definition) is 5. The molecule has 1 unspecified atom stereocenters. The Balaban J connectivity index is 1.93. The highest BCUT2D eigenvalue weighted by Gasteiger charge is 2.47. The molecule has 1 aliphatic rings. The van der Waals surface area contributed by atoms with E-state index >= 15 is 0 Å². The molecule has 0 aliphatic carbocycles. The quantitative estimate of drug-likeness (QED) is 0.216. The van der Waals surface area contributed by atoms with Gasteiger partial charge >= 0.3 is 7.82 Å². The molecule has 5 N–H and O–H groups in total. The molecule has 0 bridgehead atoms. The van der Waals surface area contributed by atoms with Crippen molar-refractivity contribution in [2.24, 2.45) is 0 Å². The second-order valence-electron chi connectivity index (χ2n) is 5.16. The standard InChI is InChI=1S/C12H17N2O10P/c15-5-9-10(16)11(24-25(19,20)21)12(23-9)13-22-6-7-1-3-8(4-2-7)14(17)18/h1-4,9-13,15-16H,5-6H2,(H2,19,20,21)/t9-,10-,11-,12?/m1/s1. The number of ether oxygens (including phenoxy) is 1. The van der Waals surface area contributed by atoms with Crippen molar-refractivity contribution in [3.63, 3.8) is 0 Å². The predicted molar refractivity (Wildman–Crippen MR) is 79.7 cm³/mol. The maximum atomic E-state index is 11.0. The van der Waals surface area contributed by atoms with Gasteiger partial charge in [-0.05, 0) is 17.7 Å². The minimum Gasteiger partial charge on any atom is -0.394 e. The fourth-order valence-electron chi connectivity index (χ4n) is 2.18. The molecule has 1 heterocycles. The molecule has 0 radical (unpaired) electrons. The molecule has 0 amide bonds. The fraction of sp³-hybridized carbons (Fsp3) is 0.500. The van der Waals surface area contributed by atoms with Crippen LogP contribution in [0.25, 0.3) is 0 Å². The molecule has 140 valence electrons. The van der Waals surface area contributed by atoms with Crippen molar-refractivity contribution in [2.45, 2.75) is 31.1 Å². The van der Waals surface area contributed by atoms with Gasteiger partial charge in [-0.25, -0.2) is 4.57 Å². The lowest BCUT2D eigenvalue weighted by Crippen LogP contribution is -2.42. The minimum absolute atomic E-state index is 0.0552. The van der Waals surface area contributed by atoms with Crippen LogP contribution in [-0.4, -0.2) is 56.1 Å². The van der Waals surface area contributed by atoms with Crippen molar-refractivity contribution in [3.8, 4) is 0 Å². The van der Waals surface area contributed by atoms with Crippen LogP contribution in [0.15, 0.2) is 24.3 Å². The van der Waals surface area contributed by atoms with Crippen molar-refractivity contribution in [2.75, 3.05) is 6.61 Å². The van der Waals surface area contributed by atoms with E-state index in [0.29, 0.717) is 5.56 Å². The molecule has 0 aromatic heterocycles. The van der Waals surface area contributed by atoms with Crippen molar-refractivity contribution >= 4 is 13.5 Å². The topological polar surface area (TPSA) is 181 Å². The van der Waals surface area contributed by atoms with Gasteiger partial charge in [-0.1, -0.05) is 0 Å². The van der Waals surface area contributed by atoms with Crippen LogP contribution in [0.1, 0.15) is 5.56 Å². The number of nitrogens with zero attached hydrogens (tertiary/aromatic N) is 1. The molecule has 0 spiro atoms. The summed E-state index contributed by atoms with van der Waals surface area (Å²) in [4.78, 5) is 32.9. The number of phosphoric acid groups is 1. The number of nitro benzene ring substituents is 1. The Morgan fingerprint density at radius 2 is 1.96 bits per heavy atom. The molecular weight excluding hydrogens is 363 g/mol. The van der Waals surface area contributed by atoms with Crippen LogP contribution in [0, 0.1) is 10.1 Å². The van der Waals surface area contributed by atoms with Crippen molar-refractivity contribution in [3.05, 3.63) is 39.9 Å². The van der Waals surface area contributed by atoms with E-state index in [0.717, 1.165) is 0 Å². The normalized spacial score (nSPS) is 26.7. The first-order valence-electron chi connectivity index (χ1n) is 7.00. The Morgan fingerprint density at radius 1 is 1.32 bits per heavy atom. The van der Waals surface area contributed by atoms with Gasteiger partial charge in [0.1, 0.15) is 18.3 Å². The van der Waals surface area contributed by atoms with Crippen LogP contribution >= 0.6 is 7.82 Å². The summed E-state index contributed by atoms with van der Waals surface area (Å²) in [7, 11) is -4.91. The van der Waals surface area contributed by atoms with Gasteiger partial charge in [0.15, 0.2) is 6.23 Å². The zero-order chi connectivity index (χ0) is 18.6. The van der Waals surface area contributed by atoms with Crippen LogP contribution in [0.5, 0.6) is 0 Å². The molecule has 13 heteroatoms. The number of aliphatic hydroxyl groups is 2. The Hall–Kier alpha value is -1.47. The first-order chi connectivity index (χ1) is 11.7. The number of phosphoric ester groups is 1. The largest absolute Gasteiger partial charge is 0.470 e. The highest BCUT2D eigenvalue weighted by molar-refractivity contribution is 7.46. The summed E-state index contributed by atoms with van der Waals surface area (Å²) in [6.45, 7) is -0.650. The molecule has 1 fully saturated rings. The van der Waals surface area contributed by atoms with Gasteiger partial charge in [0.2, 0.25) is 0 Å². The molecule has 4 atom stereocenters. The number of nitrogens with one attached hydrogen (secondary N) is 1. The third-order valence-corrected chi connectivity index (χ3v) is 3.88. The Kier molecular flexibility index (Phi) is 6.57. The fourth-order valence-corrected chi connectivity index (χ4v) is 2.73. The number of rotatable bonds is 8. The van der Waals surface area contributed by atoms with Crippen molar-refractivity contribution in [1.82, 2.24) is 5.48 Å². The van der Waals surface area contributed by atoms with Crippen LogP contribution in [-0.2, 0) is 25.3 Å². The van der Waals surface area contributed by atoms with Crippen LogP contribution in [0.4, 0.5) is 5.69 Å². The Morgan fingerprint density at radius 3 is 2.48 bits per heavy atom. The van der Waals surface area contributed by atoms with Gasteiger partial charge < -0.3 is 24.7 Å². The Labute approximate surface area is 141 Å². The van der Waals surface area contributed by atoms with Gasteiger partial charge in [0, 0.05) is 12.1 Å². The first-order valence-corrected chi connectivity index (χ1v) is 8.53. The van der Waals surface area contributed by atoms with E-state index in [1.165, 1.54) is 24.3 Å². The lowest BCUT2D eigenvalue weighted by molar-refractivity contribution is -0.384. The molecule has 25 heavy (non-hydrogen) atoms. The lowest BCUT2D eigenvalue weighted by Gasteiger charge is -2.21. The van der Waals surface area contributed by atoms with Gasteiger partial charge in [0.25, 0.3) is 5.69 Å². The second kappa shape index (κ2) is 8.27. The van der Waals surface area contributed by atoms with Gasteiger partial charge in [-0.2, -0.15) is 5.48 Å². The summed E-state index contributed by atoms with van der Waals surface area (Å²) >= 11 is 0. The van der Waals surface area contributed by atoms with E-state index < -0.39 is 43.9 Å². The number of hydroxylamine groups is 1. The molecule has 1 aliphatic heterocycles. The van der Waals surface area contributed by atoms with Crippen molar-refractivity contribution in [1.29, 1.82) is 0 Å². The maximum Gasteiger partial charge on any atom is 0.470 e. The van der Waals surface area contributed by atoms with Gasteiger partial charge in [-0.15, -0.1) is 0 Å². The third kappa shape index (κ3) is 5.51. The monoisotopic (exact) mass is 380 g/mol. The molecular formula is C12H17N2O10P. The summed E-state index contributed by atoms with van der Waals surface area (Å²) in [6, 6.07) is 5.50. The van der Waals surface area contributed by atoms with Crippen LogP contribution in [0.3, 0.4) is 0 Å². The average Bonchev–Trinajstić information content (AvgIpc) is 2.82. The summed E-state index contributed by atoms with van der Waals surface area (Å²) in [6.07, 6.45) is -5.33. The summed E-state index contributed by atoms with van der Waals surface area (Å²) in [5, 5.41) is 29.5. The smallest absolute Gasteiger partial charge is 0.394 e. The number of aliphatic hydroxyl groups excluding tert-OH is 2. The number of nitro groups is 1. The highest BCUT2D eigenvalue weighted by atomic mass is 31.2. The van der Waals surface area contributed by atoms with Crippen molar-refractivity contribution < 1.29 is 43.6 Å². The number of non-ortho nitro benzene ring substituents is 1. The molecule has 1 aromatic carbocycles. The summed E-state index contributed by atoms with van der Waals surface area (Å²) in [5.41, 5.74) is 2.83. The molecule has 1 saturated heterocycles.